The molecule has 5 heteroatoms. The monoisotopic (exact) mass is 218 g/mol. The van der Waals surface area contributed by atoms with Crippen molar-refractivity contribution in [1.82, 2.24) is 0 Å². The highest BCUT2D eigenvalue weighted by atomic mass is 16.6. The topological polar surface area (TPSA) is 87.2 Å². The average Bonchev–Trinajstić information content (AvgIpc) is 2.29. The Bertz CT molecular complexity index is 461. The third kappa shape index (κ3) is 2.90. The molecule has 0 spiro atoms. The standard InChI is InChI=1S/C11H10N2O3/c12-8-9-4-5-10(3-1-2-6-14)11(7-9)13(15)16/h1,3-5,7,14H,2,6H2. The van der Waals surface area contributed by atoms with E-state index in [0.29, 0.717) is 12.0 Å². The Labute approximate surface area is 92.4 Å². The summed E-state index contributed by atoms with van der Waals surface area (Å²) in [4.78, 5) is 10.2. The number of hydrogen-bond donors (Lipinski definition) is 1. The van der Waals surface area contributed by atoms with Crippen molar-refractivity contribution in [2.24, 2.45) is 0 Å². The number of nitro groups is 1. The van der Waals surface area contributed by atoms with Crippen LogP contribution in [0.2, 0.25) is 0 Å². The maximum absolute atomic E-state index is 10.7. The first-order valence-corrected chi connectivity index (χ1v) is 4.65. The molecule has 0 aliphatic carbocycles. The molecule has 0 aromatic heterocycles. The third-order valence-corrected chi connectivity index (χ3v) is 1.95. The van der Waals surface area contributed by atoms with Gasteiger partial charge in [0.05, 0.1) is 22.1 Å². The molecule has 16 heavy (non-hydrogen) atoms. The molecule has 0 aliphatic rings. The highest BCUT2D eigenvalue weighted by Gasteiger charge is 2.11. The summed E-state index contributed by atoms with van der Waals surface area (Å²) in [5.74, 6) is 0. The predicted octanol–water partition coefficient (Wildman–Crippen LogP) is 1.86. The smallest absolute Gasteiger partial charge is 0.277 e. The maximum Gasteiger partial charge on any atom is 0.277 e. The Kier molecular flexibility index (Phi) is 4.18. The number of rotatable bonds is 4. The van der Waals surface area contributed by atoms with Crippen molar-refractivity contribution in [3.8, 4) is 6.07 Å². The minimum atomic E-state index is -0.528. The molecular formula is C11H10N2O3. The fourth-order valence-corrected chi connectivity index (χ4v) is 1.20. The van der Waals surface area contributed by atoms with Gasteiger partial charge in [0.15, 0.2) is 0 Å². The van der Waals surface area contributed by atoms with Crippen molar-refractivity contribution in [2.45, 2.75) is 6.42 Å². The van der Waals surface area contributed by atoms with Crippen LogP contribution in [0, 0.1) is 21.4 Å². The zero-order valence-electron chi connectivity index (χ0n) is 8.46. The molecule has 0 atom stereocenters. The lowest BCUT2D eigenvalue weighted by atomic mass is 10.1. The molecular weight excluding hydrogens is 208 g/mol. The molecule has 1 aromatic rings. The molecule has 0 bridgehead atoms. The first-order chi connectivity index (χ1) is 7.69. The summed E-state index contributed by atoms with van der Waals surface area (Å²) in [5, 5.41) is 27.9. The van der Waals surface area contributed by atoms with E-state index < -0.39 is 4.92 Å². The second-order valence-corrected chi connectivity index (χ2v) is 3.06. The van der Waals surface area contributed by atoms with E-state index in [1.165, 1.54) is 18.2 Å². The van der Waals surface area contributed by atoms with E-state index in [-0.39, 0.29) is 17.9 Å². The van der Waals surface area contributed by atoms with Crippen LogP contribution < -0.4 is 0 Å². The Morgan fingerprint density at radius 1 is 1.56 bits per heavy atom. The van der Waals surface area contributed by atoms with Crippen molar-refractivity contribution in [2.75, 3.05) is 6.61 Å². The fraction of sp³-hybridized carbons (Fsp3) is 0.182. The van der Waals surface area contributed by atoms with Crippen LogP contribution in [0.5, 0.6) is 0 Å². The lowest BCUT2D eigenvalue weighted by molar-refractivity contribution is -0.385. The van der Waals surface area contributed by atoms with Gasteiger partial charge in [-0.2, -0.15) is 5.26 Å². The molecule has 0 saturated heterocycles. The molecule has 0 amide bonds. The number of nitriles is 1. The van der Waals surface area contributed by atoms with Crippen LogP contribution >= 0.6 is 0 Å². The molecule has 1 rings (SSSR count). The maximum atomic E-state index is 10.7. The van der Waals surface area contributed by atoms with Gasteiger partial charge in [-0.15, -0.1) is 0 Å². The summed E-state index contributed by atoms with van der Waals surface area (Å²) in [6.45, 7) is 0.000572. The minimum absolute atomic E-state index is 0.000572. The van der Waals surface area contributed by atoms with Gasteiger partial charge in [0.25, 0.3) is 5.69 Å². The number of nitrogens with zero attached hydrogens (tertiary/aromatic N) is 2. The van der Waals surface area contributed by atoms with Gasteiger partial charge in [-0.1, -0.05) is 12.2 Å². The fourth-order valence-electron chi connectivity index (χ4n) is 1.20. The average molecular weight is 218 g/mol. The third-order valence-electron chi connectivity index (χ3n) is 1.95. The van der Waals surface area contributed by atoms with Crippen LogP contribution in [-0.2, 0) is 0 Å². The van der Waals surface area contributed by atoms with E-state index >= 15 is 0 Å². The van der Waals surface area contributed by atoms with Crippen molar-refractivity contribution in [1.29, 1.82) is 5.26 Å². The SMILES string of the molecule is N#Cc1ccc(C=CCCO)c([N+](=O)[O-])c1. The zero-order chi connectivity index (χ0) is 12.0. The van der Waals surface area contributed by atoms with Gasteiger partial charge in [-0.25, -0.2) is 0 Å². The van der Waals surface area contributed by atoms with Crippen LogP contribution in [0.4, 0.5) is 5.69 Å². The van der Waals surface area contributed by atoms with Crippen molar-refractivity contribution in [3.05, 3.63) is 45.5 Å². The van der Waals surface area contributed by atoms with Crippen LogP contribution in [-0.4, -0.2) is 16.6 Å². The van der Waals surface area contributed by atoms with Gasteiger partial charge < -0.3 is 5.11 Å². The molecule has 1 aromatic carbocycles. The number of aliphatic hydroxyl groups excluding tert-OH is 1. The largest absolute Gasteiger partial charge is 0.396 e. The molecule has 1 N–H and O–H groups in total. The summed E-state index contributed by atoms with van der Waals surface area (Å²) in [6, 6.07) is 6.12. The van der Waals surface area contributed by atoms with Crippen molar-refractivity contribution in [3.63, 3.8) is 0 Å². The second-order valence-electron chi connectivity index (χ2n) is 3.06. The number of nitro benzene ring substituents is 1. The molecule has 82 valence electrons. The highest BCUT2D eigenvalue weighted by Crippen LogP contribution is 2.21. The van der Waals surface area contributed by atoms with E-state index in [4.69, 9.17) is 10.4 Å². The van der Waals surface area contributed by atoms with Gasteiger partial charge in [0.2, 0.25) is 0 Å². The first-order valence-electron chi connectivity index (χ1n) is 4.65. The Balaban J connectivity index is 3.09. The number of aliphatic hydroxyl groups is 1. The highest BCUT2D eigenvalue weighted by molar-refractivity contribution is 5.62. The van der Waals surface area contributed by atoms with E-state index in [1.807, 2.05) is 6.07 Å². The normalized spacial score (nSPS) is 10.2. The van der Waals surface area contributed by atoms with Gasteiger partial charge >= 0.3 is 0 Å². The van der Waals surface area contributed by atoms with Crippen LogP contribution in [0.1, 0.15) is 17.5 Å². The van der Waals surface area contributed by atoms with E-state index in [9.17, 15) is 10.1 Å². The lowest BCUT2D eigenvalue weighted by Crippen LogP contribution is -1.92. The van der Waals surface area contributed by atoms with Crippen LogP contribution in [0.25, 0.3) is 6.08 Å². The lowest BCUT2D eigenvalue weighted by Gasteiger charge is -1.97. The molecule has 5 nitrogen and oxygen atoms in total. The quantitative estimate of drug-likeness (QED) is 0.617. The van der Waals surface area contributed by atoms with Crippen LogP contribution in [0.15, 0.2) is 24.3 Å². The van der Waals surface area contributed by atoms with Gasteiger partial charge in [-0.3, -0.25) is 10.1 Å². The van der Waals surface area contributed by atoms with Gasteiger partial charge in [0.1, 0.15) is 0 Å². The second kappa shape index (κ2) is 5.63. The first kappa shape index (κ1) is 11.9. The Morgan fingerprint density at radius 3 is 2.88 bits per heavy atom. The molecule has 0 unspecified atom stereocenters. The Hall–Kier alpha value is -2.19. The molecule has 0 fully saturated rings. The van der Waals surface area contributed by atoms with Crippen LogP contribution in [0.3, 0.4) is 0 Å². The summed E-state index contributed by atoms with van der Waals surface area (Å²) in [5.41, 5.74) is 0.580. The molecule has 0 saturated carbocycles. The number of benzene rings is 1. The summed E-state index contributed by atoms with van der Waals surface area (Å²) < 4.78 is 0. The Morgan fingerprint density at radius 2 is 2.31 bits per heavy atom. The van der Waals surface area contributed by atoms with E-state index in [0.717, 1.165) is 0 Å². The number of hydrogen-bond acceptors (Lipinski definition) is 4. The minimum Gasteiger partial charge on any atom is -0.396 e. The molecule has 0 radical (unpaired) electrons. The summed E-state index contributed by atoms with van der Waals surface area (Å²) in [6.07, 6.45) is 3.65. The van der Waals surface area contributed by atoms with Gasteiger partial charge in [0, 0.05) is 12.7 Å². The van der Waals surface area contributed by atoms with Gasteiger partial charge in [-0.05, 0) is 18.6 Å². The van der Waals surface area contributed by atoms with Crippen molar-refractivity contribution >= 4 is 11.8 Å². The van der Waals surface area contributed by atoms with E-state index in [2.05, 4.69) is 0 Å². The summed E-state index contributed by atoms with van der Waals surface area (Å²) in [7, 11) is 0. The molecule has 0 heterocycles. The van der Waals surface area contributed by atoms with E-state index in [1.54, 1.807) is 12.2 Å². The molecule has 0 aliphatic heterocycles. The van der Waals surface area contributed by atoms with Crippen molar-refractivity contribution < 1.29 is 10.0 Å². The zero-order valence-corrected chi connectivity index (χ0v) is 8.46. The predicted molar refractivity (Wildman–Crippen MR) is 58.5 cm³/mol. The summed E-state index contributed by atoms with van der Waals surface area (Å²) >= 11 is 0.